The molecule has 0 saturated carbocycles. The maximum atomic E-state index is 12.2. The first-order valence-corrected chi connectivity index (χ1v) is 9.61. The van der Waals surface area contributed by atoms with Gasteiger partial charge in [0.05, 0.1) is 4.90 Å². The number of rotatable bonds is 10. The first-order valence-electron chi connectivity index (χ1n) is 8.12. The Morgan fingerprint density at radius 2 is 1.81 bits per heavy atom. The fourth-order valence-corrected chi connectivity index (χ4v) is 3.95. The van der Waals surface area contributed by atoms with Crippen molar-refractivity contribution in [2.45, 2.75) is 64.2 Å². The van der Waals surface area contributed by atoms with Gasteiger partial charge in [0.15, 0.2) is 0 Å². The minimum absolute atomic E-state index is 0.421. The molecule has 1 unspecified atom stereocenters. The van der Waals surface area contributed by atoms with Crippen molar-refractivity contribution in [3.8, 4) is 0 Å². The molecular formula is C17H29NO2S. The van der Waals surface area contributed by atoms with Crippen molar-refractivity contribution in [1.29, 1.82) is 0 Å². The van der Waals surface area contributed by atoms with Crippen LogP contribution in [0.4, 0.5) is 0 Å². The molecule has 3 nitrogen and oxygen atoms in total. The summed E-state index contributed by atoms with van der Waals surface area (Å²) >= 11 is 0. The summed E-state index contributed by atoms with van der Waals surface area (Å²) in [6.45, 7) is 6.66. The highest BCUT2D eigenvalue weighted by Crippen LogP contribution is 2.22. The van der Waals surface area contributed by atoms with E-state index in [1.807, 2.05) is 12.1 Å². The van der Waals surface area contributed by atoms with Gasteiger partial charge in [-0.15, -0.1) is 0 Å². The molecular weight excluding hydrogens is 282 g/mol. The Hall–Kier alpha value is -0.870. The molecule has 0 fully saturated rings. The van der Waals surface area contributed by atoms with Crippen LogP contribution in [0.5, 0.6) is 0 Å². The van der Waals surface area contributed by atoms with Crippen LogP contribution < -0.4 is 4.72 Å². The molecule has 0 aromatic heterocycles. The van der Waals surface area contributed by atoms with Gasteiger partial charge >= 0.3 is 0 Å². The van der Waals surface area contributed by atoms with E-state index >= 15 is 0 Å². The second-order valence-corrected chi connectivity index (χ2v) is 7.30. The monoisotopic (exact) mass is 311 g/mol. The Kier molecular flexibility index (Phi) is 7.97. The Labute approximate surface area is 130 Å². The van der Waals surface area contributed by atoms with E-state index in [2.05, 4.69) is 18.6 Å². The molecule has 1 aromatic rings. The van der Waals surface area contributed by atoms with E-state index in [1.54, 1.807) is 19.1 Å². The van der Waals surface area contributed by atoms with Crippen molar-refractivity contribution in [2.75, 3.05) is 6.54 Å². The van der Waals surface area contributed by atoms with E-state index in [0.717, 1.165) is 18.4 Å². The number of benzene rings is 1. The Morgan fingerprint density at radius 1 is 1.10 bits per heavy atom. The summed E-state index contributed by atoms with van der Waals surface area (Å²) in [6, 6.07) is 7.37. The van der Waals surface area contributed by atoms with Crippen molar-refractivity contribution in [3.63, 3.8) is 0 Å². The maximum Gasteiger partial charge on any atom is 0.240 e. The summed E-state index contributed by atoms with van der Waals surface area (Å²) in [5.41, 5.74) is 0.938. The zero-order valence-corrected chi connectivity index (χ0v) is 14.4. The zero-order valence-electron chi connectivity index (χ0n) is 13.6. The number of hydrogen-bond donors (Lipinski definition) is 1. The van der Waals surface area contributed by atoms with Crippen molar-refractivity contribution >= 4 is 10.0 Å². The Morgan fingerprint density at radius 3 is 2.43 bits per heavy atom. The molecule has 1 atom stereocenters. The fraction of sp³-hybridized carbons (Fsp3) is 0.647. The van der Waals surface area contributed by atoms with Crippen LogP contribution in [0.3, 0.4) is 0 Å². The molecule has 0 bridgehead atoms. The van der Waals surface area contributed by atoms with E-state index < -0.39 is 10.0 Å². The van der Waals surface area contributed by atoms with E-state index in [9.17, 15) is 8.42 Å². The molecule has 1 N–H and O–H groups in total. The predicted octanol–water partition coefficient (Wildman–Crippen LogP) is 4.13. The lowest BCUT2D eigenvalue weighted by Crippen LogP contribution is -2.24. The molecule has 0 saturated heterocycles. The minimum Gasteiger partial charge on any atom is -0.211 e. The molecule has 120 valence electrons. The third-order valence-electron chi connectivity index (χ3n) is 3.96. The molecule has 21 heavy (non-hydrogen) atoms. The van der Waals surface area contributed by atoms with Gasteiger partial charge in [-0.2, -0.15) is 0 Å². The average molecular weight is 311 g/mol. The molecule has 4 heteroatoms. The zero-order chi connectivity index (χ0) is 15.7. The molecule has 1 rings (SSSR count). The number of nitrogens with one attached hydrogen (secondary N) is 1. The van der Waals surface area contributed by atoms with Crippen molar-refractivity contribution < 1.29 is 8.42 Å². The van der Waals surface area contributed by atoms with Crippen molar-refractivity contribution in [2.24, 2.45) is 5.92 Å². The predicted molar refractivity (Wildman–Crippen MR) is 88.9 cm³/mol. The van der Waals surface area contributed by atoms with Gasteiger partial charge in [-0.1, -0.05) is 64.7 Å². The summed E-state index contributed by atoms with van der Waals surface area (Å²) in [4.78, 5) is 0.442. The summed E-state index contributed by atoms with van der Waals surface area (Å²) in [6.07, 6.45) is 6.80. The van der Waals surface area contributed by atoms with Crippen LogP contribution in [0.1, 0.15) is 58.4 Å². The second-order valence-electron chi connectivity index (χ2n) is 5.56. The SMILES string of the molecule is CCCCC(CC)CCc1ccccc1S(=O)(=O)NCC. The molecule has 0 heterocycles. The molecule has 0 aliphatic carbocycles. The van der Waals surface area contributed by atoms with E-state index in [-0.39, 0.29) is 0 Å². The van der Waals surface area contributed by atoms with E-state index in [4.69, 9.17) is 0 Å². The quantitative estimate of drug-likeness (QED) is 0.706. The van der Waals surface area contributed by atoms with Crippen LogP contribution in [0.2, 0.25) is 0 Å². The number of sulfonamides is 1. The maximum absolute atomic E-state index is 12.2. The fourth-order valence-electron chi connectivity index (χ4n) is 2.65. The third-order valence-corrected chi connectivity index (χ3v) is 5.61. The highest BCUT2D eigenvalue weighted by molar-refractivity contribution is 7.89. The minimum atomic E-state index is -3.36. The highest BCUT2D eigenvalue weighted by Gasteiger charge is 2.17. The van der Waals surface area contributed by atoms with Crippen LogP contribution in [0.15, 0.2) is 29.2 Å². The average Bonchev–Trinajstić information content (AvgIpc) is 2.48. The highest BCUT2D eigenvalue weighted by atomic mass is 32.2. The van der Waals surface area contributed by atoms with Crippen LogP contribution in [0.25, 0.3) is 0 Å². The van der Waals surface area contributed by atoms with Crippen LogP contribution in [0, 0.1) is 5.92 Å². The van der Waals surface area contributed by atoms with Gasteiger partial charge < -0.3 is 0 Å². The molecule has 0 radical (unpaired) electrons. The largest absolute Gasteiger partial charge is 0.240 e. The van der Waals surface area contributed by atoms with Gasteiger partial charge in [-0.05, 0) is 30.4 Å². The van der Waals surface area contributed by atoms with E-state index in [0.29, 0.717) is 17.4 Å². The summed E-state index contributed by atoms with van der Waals surface area (Å²) in [5.74, 6) is 0.694. The lowest BCUT2D eigenvalue weighted by Gasteiger charge is -2.16. The van der Waals surface area contributed by atoms with Gasteiger partial charge in [0.2, 0.25) is 10.0 Å². The van der Waals surface area contributed by atoms with Gasteiger partial charge in [-0.25, -0.2) is 13.1 Å². The topological polar surface area (TPSA) is 46.2 Å². The standard InChI is InChI=1S/C17H29NO2S/c1-4-7-10-15(5-2)13-14-16-11-8-9-12-17(16)21(19,20)18-6-3/h8-9,11-12,15,18H,4-7,10,13-14H2,1-3H3. The lowest BCUT2D eigenvalue weighted by molar-refractivity contribution is 0.420. The smallest absolute Gasteiger partial charge is 0.211 e. The van der Waals surface area contributed by atoms with Crippen molar-refractivity contribution in [3.05, 3.63) is 29.8 Å². The summed E-state index contributed by atoms with van der Waals surface area (Å²) < 4.78 is 27.0. The van der Waals surface area contributed by atoms with Gasteiger partial charge in [0.1, 0.15) is 0 Å². The van der Waals surface area contributed by atoms with E-state index in [1.165, 1.54) is 25.7 Å². The van der Waals surface area contributed by atoms with Crippen LogP contribution >= 0.6 is 0 Å². The van der Waals surface area contributed by atoms with Gasteiger partial charge in [0.25, 0.3) is 0 Å². The molecule has 0 amide bonds. The first kappa shape index (κ1) is 18.2. The Balaban J connectivity index is 2.80. The van der Waals surface area contributed by atoms with Gasteiger partial charge in [0, 0.05) is 6.54 Å². The van der Waals surface area contributed by atoms with Crippen molar-refractivity contribution in [1.82, 2.24) is 4.72 Å². The van der Waals surface area contributed by atoms with Crippen LogP contribution in [-0.4, -0.2) is 15.0 Å². The Bertz CT molecular complexity index is 511. The molecule has 1 aromatic carbocycles. The number of hydrogen-bond acceptors (Lipinski definition) is 2. The van der Waals surface area contributed by atoms with Crippen LogP contribution in [-0.2, 0) is 16.4 Å². The van der Waals surface area contributed by atoms with Gasteiger partial charge in [-0.3, -0.25) is 0 Å². The third kappa shape index (κ3) is 5.79. The summed E-state index contributed by atoms with van der Waals surface area (Å²) in [5, 5.41) is 0. The molecule has 0 spiro atoms. The molecule has 0 aliphatic rings. The number of unbranched alkanes of at least 4 members (excludes halogenated alkanes) is 1. The summed E-state index contributed by atoms with van der Waals surface area (Å²) in [7, 11) is -3.36. The second kappa shape index (κ2) is 9.21. The molecule has 0 aliphatic heterocycles. The lowest BCUT2D eigenvalue weighted by atomic mass is 9.92. The first-order chi connectivity index (χ1) is 10.0. The normalized spacial score (nSPS) is 13.3. The number of aryl methyl sites for hydroxylation is 1.